The summed E-state index contributed by atoms with van der Waals surface area (Å²) in [7, 11) is 1.57. The van der Waals surface area contributed by atoms with E-state index >= 15 is 0 Å². The van der Waals surface area contributed by atoms with Crippen molar-refractivity contribution in [3.63, 3.8) is 0 Å². The van der Waals surface area contributed by atoms with E-state index in [1.54, 1.807) is 13.2 Å². The van der Waals surface area contributed by atoms with Crippen molar-refractivity contribution in [2.45, 2.75) is 12.5 Å². The SMILES string of the molecule is COc1cccc(CC(=O)N2C(=O)OC[C@@H]2c2ccccc2)c1. The number of nitrogens with zero attached hydrogens (tertiary/aromatic N) is 1. The summed E-state index contributed by atoms with van der Waals surface area (Å²) in [6.07, 6.45) is -0.470. The van der Waals surface area contributed by atoms with Crippen LogP contribution >= 0.6 is 0 Å². The van der Waals surface area contributed by atoms with Gasteiger partial charge in [0, 0.05) is 0 Å². The molecule has 5 nitrogen and oxygen atoms in total. The van der Waals surface area contributed by atoms with Crippen LogP contribution in [0, 0.1) is 0 Å². The first-order valence-corrected chi connectivity index (χ1v) is 7.35. The molecule has 0 radical (unpaired) electrons. The van der Waals surface area contributed by atoms with Crippen LogP contribution in [0.25, 0.3) is 0 Å². The zero-order chi connectivity index (χ0) is 16.2. The molecule has 1 aliphatic rings. The van der Waals surface area contributed by atoms with Gasteiger partial charge in [0.05, 0.1) is 13.5 Å². The lowest BCUT2D eigenvalue weighted by Crippen LogP contribution is -2.35. The van der Waals surface area contributed by atoms with Crippen molar-refractivity contribution >= 4 is 12.0 Å². The molecule has 1 aliphatic heterocycles. The lowest BCUT2D eigenvalue weighted by Gasteiger charge is -2.20. The number of amides is 2. The average molecular weight is 311 g/mol. The maximum Gasteiger partial charge on any atom is 0.417 e. The fourth-order valence-electron chi connectivity index (χ4n) is 2.66. The smallest absolute Gasteiger partial charge is 0.417 e. The number of rotatable bonds is 4. The Morgan fingerprint density at radius 2 is 2.00 bits per heavy atom. The third-order valence-electron chi connectivity index (χ3n) is 3.82. The van der Waals surface area contributed by atoms with Crippen molar-refractivity contribution in [1.82, 2.24) is 4.90 Å². The highest BCUT2D eigenvalue weighted by Gasteiger charge is 2.38. The number of carbonyl (C=O) groups excluding carboxylic acids is 2. The van der Waals surface area contributed by atoms with Gasteiger partial charge in [0.25, 0.3) is 0 Å². The Morgan fingerprint density at radius 1 is 1.22 bits per heavy atom. The van der Waals surface area contributed by atoms with Crippen LogP contribution in [0.3, 0.4) is 0 Å². The molecule has 1 atom stereocenters. The van der Waals surface area contributed by atoms with Crippen LogP contribution in [0.4, 0.5) is 4.79 Å². The molecule has 0 saturated carbocycles. The average Bonchev–Trinajstić information content (AvgIpc) is 2.97. The fourth-order valence-corrected chi connectivity index (χ4v) is 2.66. The van der Waals surface area contributed by atoms with Gasteiger partial charge in [-0.15, -0.1) is 0 Å². The van der Waals surface area contributed by atoms with Crippen LogP contribution in [-0.2, 0) is 16.0 Å². The molecule has 1 fully saturated rings. The van der Waals surface area contributed by atoms with E-state index in [1.165, 1.54) is 4.90 Å². The minimum atomic E-state index is -0.591. The molecule has 2 aromatic carbocycles. The second kappa shape index (κ2) is 6.52. The van der Waals surface area contributed by atoms with Gasteiger partial charge in [-0.05, 0) is 23.3 Å². The van der Waals surface area contributed by atoms with Gasteiger partial charge in [0.1, 0.15) is 18.4 Å². The van der Waals surface area contributed by atoms with E-state index in [4.69, 9.17) is 9.47 Å². The van der Waals surface area contributed by atoms with Crippen molar-refractivity contribution in [3.05, 3.63) is 65.7 Å². The van der Waals surface area contributed by atoms with E-state index in [-0.39, 0.29) is 25.0 Å². The molecule has 2 aromatic rings. The summed E-state index contributed by atoms with van der Waals surface area (Å²) < 4.78 is 10.2. The lowest BCUT2D eigenvalue weighted by molar-refractivity contribution is -0.128. The zero-order valence-corrected chi connectivity index (χ0v) is 12.8. The van der Waals surface area contributed by atoms with E-state index in [0.29, 0.717) is 5.75 Å². The Kier molecular flexibility index (Phi) is 4.28. The van der Waals surface area contributed by atoms with Crippen molar-refractivity contribution in [3.8, 4) is 5.75 Å². The van der Waals surface area contributed by atoms with Crippen molar-refractivity contribution < 1.29 is 19.1 Å². The van der Waals surface area contributed by atoms with Gasteiger partial charge in [0.15, 0.2) is 0 Å². The van der Waals surface area contributed by atoms with Gasteiger partial charge in [-0.2, -0.15) is 0 Å². The molecule has 3 rings (SSSR count). The molecular formula is C18H17NO4. The minimum absolute atomic E-state index is 0.121. The largest absolute Gasteiger partial charge is 0.497 e. The normalized spacial score (nSPS) is 17.0. The third-order valence-corrected chi connectivity index (χ3v) is 3.82. The molecule has 0 N–H and O–H groups in total. The van der Waals surface area contributed by atoms with Gasteiger partial charge in [0.2, 0.25) is 5.91 Å². The summed E-state index contributed by atoms with van der Waals surface area (Å²) in [5, 5.41) is 0. The molecule has 0 aromatic heterocycles. The number of ether oxygens (including phenoxy) is 2. The Hall–Kier alpha value is -2.82. The molecule has 2 amide bonds. The van der Waals surface area contributed by atoms with Crippen LogP contribution in [0.15, 0.2) is 54.6 Å². The molecule has 5 heteroatoms. The summed E-state index contributed by atoms with van der Waals surface area (Å²) in [5.41, 5.74) is 1.68. The van der Waals surface area contributed by atoms with Crippen molar-refractivity contribution in [2.75, 3.05) is 13.7 Å². The summed E-state index contributed by atoms with van der Waals surface area (Å²) in [6.45, 7) is 0.187. The maximum absolute atomic E-state index is 12.6. The highest BCUT2D eigenvalue weighted by Crippen LogP contribution is 2.28. The highest BCUT2D eigenvalue weighted by atomic mass is 16.6. The van der Waals surface area contributed by atoms with Crippen LogP contribution < -0.4 is 4.74 Å². The number of hydrogen-bond acceptors (Lipinski definition) is 4. The highest BCUT2D eigenvalue weighted by molar-refractivity contribution is 5.94. The van der Waals surface area contributed by atoms with Gasteiger partial charge < -0.3 is 9.47 Å². The predicted octanol–water partition coefficient (Wildman–Crippen LogP) is 2.96. The number of benzene rings is 2. The quantitative estimate of drug-likeness (QED) is 0.871. The summed E-state index contributed by atoms with van der Waals surface area (Å²) in [6, 6.07) is 16.3. The summed E-state index contributed by atoms with van der Waals surface area (Å²) >= 11 is 0. The Balaban J connectivity index is 1.80. The number of methoxy groups -OCH3 is 1. The van der Waals surface area contributed by atoms with Crippen LogP contribution in [0.1, 0.15) is 17.2 Å². The zero-order valence-electron chi connectivity index (χ0n) is 12.8. The summed E-state index contributed by atoms with van der Waals surface area (Å²) in [5.74, 6) is 0.397. The van der Waals surface area contributed by atoms with E-state index in [9.17, 15) is 9.59 Å². The van der Waals surface area contributed by atoms with E-state index in [1.807, 2.05) is 48.5 Å². The second-order valence-corrected chi connectivity index (χ2v) is 5.30. The second-order valence-electron chi connectivity index (χ2n) is 5.30. The van der Waals surface area contributed by atoms with Crippen molar-refractivity contribution in [1.29, 1.82) is 0 Å². The number of hydrogen-bond donors (Lipinski definition) is 0. The molecular weight excluding hydrogens is 294 g/mol. The number of carbonyl (C=O) groups is 2. The Bertz CT molecular complexity index is 714. The fraction of sp³-hybridized carbons (Fsp3) is 0.222. The number of imide groups is 1. The van der Waals surface area contributed by atoms with Gasteiger partial charge >= 0.3 is 6.09 Å². The van der Waals surface area contributed by atoms with Gasteiger partial charge in [-0.1, -0.05) is 42.5 Å². The first kappa shape index (κ1) is 15.1. The van der Waals surface area contributed by atoms with Crippen molar-refractivity contribution in [2.24, 2.45) is 0 Å². The van der Waals surface area contributed by atoms with Crippen LogP contribution in [-0.4, -0.2) is 30.6 Å². The topological polar surface area (TPSA) is 55.8 Å². The van der Waals surface area contributed by atoms with Gasteiger partial charge in [-0.25, -0.2) is 9.69 Å². The molecule has 0 unspecified atom stereocenters. The first-order valence-electron chi connectivity index (χ1n) is 7.35. The molecule has 1 heterocycles. The minimum Gasteiger partial charge on any atom is -0.497 e. The first-order chi connectivity index (χ1) is 11.2. The van der Waals surface area contributed by atoms with Crippen LogP contribution in [0.5, 0.6) is 5.75 Å². The Morgan fingerprint density at radius 3 is 2.74 bits per heavy atom. The van der Waals surface area contributed by atoms with Crippen LogP contribution in [0.2, 0.25) is 0 Å². The molecule has 1 saturated heterocycles. The summed E-state index contributed by atoms with van der Waals surface area (Å²) in [4.78, 5) is 25.8. The third kappa shape index (κ3) is 3.18. The number of cyclic esters (lactones) is 1. The van der Waals surface area contributed by atoms with E-state index in [0.717, 1.165) is 11.1 Å². The molecule has 0 spiro atoms. The molecule has 0 aliphatic carbocycles. The predicted molar refractivity (Wildman–Crippen MR) is 84.1 cm³/mol. The standard InChI is InChI=1S/C18H17NO4/c1-22-15-9-5-6-13(10-15)11-17(20)19-16(12-23-18(19)21)14-7-3-2-4-8-14/h2-10,16H,11-12H2,1H3/t16-/m1/s1. The van der Waals surface area contributed by atoms with E-state index in [2.05, 4.69) is 0 Å². The monoisotopic (exact) mass is 311 g/mol. The molecule has 118 valence electrons. The lowest BCUT2D eigenvalue weighted by atomic mass is 10.1. The maximum atomic E-state index is 12.6. The molecule has 23 heavy (non-hydrogen) atoms. The van der Waals surface area contributed by atoms with Gasteiger partial charge in [-0.3, -0.25) is 4.79 Å². The Labute approximate surface area is 134 Å². The molecule has 0 bridgehead atoms. The van der Waals surface area contributed by atoms with E-state index < -0.39 is 6.09 Å².